The Labute approximate surface area is 132 Å². The van der Waals surface area contributed by atoms with Gasteiger partial charge in [0.15, 0.2) is 0 Å². The third-order valence-corrected chi connectivity index (χ3v) is 4.41. The zero-order valence-electron chi connectivity index (χ0n) is 13.8. The molecule has 0 fully saturated rings. The fourth-order valence-electron chi connectivity index (χ4n) is 3.12. The maximum Gasteiger partial charge on any atom is 0.138 e. The normalized spacial score (nSPS) is 18.5. The van der Waals surface area contributed by atoms with Crippen LogP contribution in [0.4, 0.5) is 0 Å². The van der Waals surface area contributed by atoms with Gasteiger partial charge in [0.05, 0.1) is 5.52 Å². The first-order valence-electron chi connectivity index (χ1n) is 7.98. The van der Waals surface area contributed by atoms with Crippen molar-refractivity contribution in [3.8, 4) is 0 Å². The van der Waals surface area contributed by atoms with Crippen molar-refractivity contribution < 1.29 is 0 Å². The molecule has 0 spiro atoms. The number of nitrogens with zero attached hydrogens (tertiary/aromatic N) is 3. The van der Waals surface area contributed by atoms with Gasteiger partial charge in [-0.25, -0.2) is 4.99 Å². The highest BCUT2D eigenvalue weighted by Crippen LogP contribution is 2.27. The van der Waals surface area contributed by atoms with Gasteiger partial charge in [-0.05, 0) is 31.2 Å². The van der Waals surface area contributed by atoms with Gasteiger partial charge in [-0.15, -0.1) is 0 Å². The molecule has 3 rings (SSSR count). The minimum Gasteiger partial charge on any atom is -0.344 e. The number of rotatable bonds is 4. The summed E-state index contributed by atoms with van der Waals surface area (Å²) >= 11 is 0. The second kappa shape index (κ2) is 5.97. The predicted molar refractivity (Wildman–Crippen MR) is 93.9 cm³/mol. The predicted octanol–water partition coefficient (Wildman–Crippen LogP) is 3.30. The van der Waals surface area contributed by atoms with E-state index in [1.807, 2.05) is 7.05 Å². The van der Waals surface area contributed by atoms with Crippen LogP contribution in [0, 0.1) is 0 Å². The molecule has 1 aliphatic rings. The van der Waals surface area contributed by atoms with Gasteiger partial charge in [0.1, 0.15) is 17.8 Å². The summed E-state index contributed by atoms with van der Waals surface area (Å²) in [6.07, 6.45) is 6.54. The highest BCUT2D eigenvalue weighted by molar-refractivity contribution is 5.91. The van der Waals surface area contributed by atoms with Crippen LogP contribution >= 0.6 is 0 Å². The molecule has 0 saturated heterocycles. The Bertz CT molecular complexity index is 739. The van der Waals surface area contributed by atoms with Crippen LogP contribution in [0.15, 0.2) is 41.5 Å². The summed E-state index contributed by atoms with van der Waals surface area (Å²) in [6.45, 7) is 4.35. The van der Waals surface area contributed by atoms with Crippen molar-refractivity contribution >= 4 is 22.6 Å². The van der Waals surface area contributed by atoms with E-state index in [0.717, 1.165) is 24.5 Å². The zero-order chi connectivity index (χ0) is 15.7. The maximum atomic E-state index is 4.87. The molecule has 0 aliphatic carbocycles. The van der Waals surface area contributed by atoms with Crippen molar-refractivity contribution in [2.24, 2.45) is 4.99 Å². The number of aromatic nitrogens is 1. The fraction of sp³-hybridized carbons (Fsp3) is 0.389. The van der Waals surface area contributed by atoms with Gasteiger partial charge in [-0.2, -0.15) is 0 Å². The minimum atomic E-state index is 0.175. The molecule has 0 bridgehead atoms. The molecule has 1 unspecified atom stereocenters. The molecule has 2 heterocycles. The third kappa shape index (κ3) is 2.33. The average Bonchev–Trinajstić information content (AvgIpc) is 2.94. The number of benzene rings is 1. The molecule has 1 atom stereocenters. The number of para-hydroxylation sites is 1. The molecule has 1 N–H and O–H groups in total. The van der Waals surface area contributed by atoms with Crippen molar-refractivity contribution in [2.45, 2.75) is 32.9 Å². The molecule has 22 heavy (non-hydrogen) atoms. The van der Waals surface area contributed by atoms with E-state index in [9.17, 15) is 0 Å². The van der Waals surface area contributed by atoms with Crippen molar-refractivity contribution in [3.05, 3.63) is 42.1 Å². The van der Waals surface area contributed by atoms with Gasteiger partial charge in [0, 0.05) is 25.1 Å². The van der Waals surface area contributed by atoms with Gasteiger partial charge in [-0.1, -0.05) is 32.0 Å². The van der Waals surface area contributed by atoms with Crippen LogP contribution in [0.2, 0.25) is 0 Å². The summed E-state index contributed by atoms with van der Waals surface area (Å²) in [7, 11) is 4.07. The number of amidine groups is 1. The Morgan fingerprint density at radius 1 is 1.18 bits per heavy atom. The molecule has 116 valence electrons. The topological polar surface area (TPSA) is 32.6 Å². The molecule has 4 nitrogen and oxygen atoms in total. The summed E-state index contributed by atoms with van der Waals surface area (Å²) in [5, 5.41) is 4.66. The molecular weight excluding hydrogens is 272 g/mol. The lowest BCUT2D eigenvalue weighted by Gasteiger charge is -2.32. The van der Waals surface area contributed by atoms with Gasteiger partial charge >= 0.3 is 0 Å². The Balaban J connectivity index is 2.16. The molecule has 1 aliphatic heterocycles. The molecular formula is C18H24N4. The van der Waals surface area contributed by atoms with Gasteiger partial charge in [0.2, 0.25) is 0 Å². The first kappa shape index (κ1) is 14.9. The van der Waals surface area contributed by atoms with Crippen LogP contribution in [0.25, 0.3) is 16.7 Å². The maximum absolute atomic E-state index is 4.87. The fourth-order valence-corrected chi connectivity index (χ4v) is 3.12. The highest BCUT2D eigenvalue weighted by Gasteiger charge is 2.21. The third-order valence-electron chi connectivity index (χ3n) is 4.41. The summed E-state index contributed by atoms with van der Waals surface area (Å²) in [4.78, 5) is 7.06. The van der Waals surface area contributed by atoms with Crippen LogP contribution in [0.1, 0.15) is 25.8 Å². The average molecular weight is 296 g/mol. The molecule has 0 radical (unpaired) electrons. The van der Waals surface area contributed by atoms with E-state index in [2.05, 4.69) is 72.2 Å². The van der Waals surface area contributed by atoms with Crippen LogP contribution in [-0.2, 0) is 6.42 Å². The lowest BCUT2D eigenvalue weighted by atomic mass is 10.1. The molecule has 4 heteroatoms. The number of aliphatic imine (C=N–C) groups is 1. The summed E-state index contributed by atoms with van der Waals surface area (Å²) in [5.41, 5.74) is 2.59. The lowest BCUT2D eigenvalue weighted by Crippen LogP contribution is -2.45. The number of fused-ring (bicyclic) bond motifs is 1. The van der Waals surface area contributed by atoms with Crippen molar-refractivity contribution in [1.82, 2.24) is 14.8 Å². The zero-order valence-corrected chi connectivity index (χ0v) is 13.8. The Morgan fingerprint density at radius 3 is 2.64 bits per heavy atom. The standard InChI is InChI=1S/C18H24N4/c1-5-13-12-22(15-10-8-7-9-14(13)15)18-11-17(19-3)21(4)16(6-2)20-18/h7-12,17,19H,5-6H2,1-4H3. The Kier molecular flexibility index (Phi) is 4.03. The molecule has 0 saturated carbocycles. The van der Waals surface area contributed by atoms with Gasteiger partial charge < -0.3 is 9.47 Å². The van der Waals surface area contributed by atoms with Crippen LogP contribution in [-0.4, -0.2) is 35.6 Å². The van der Waals surface area contributed by atoms with Crippen LogP contribution in [0.5, 0.6) is 0 Å². The SMILES string of the molecule is CCC1=NC(n2cc(CC)c3ccccc32)=CC(NC)N1C. The van der Waals surface area contributed by atoms with Crippen LogP contribution < -0.4 is 5.32 Å². The van der Waals surface area contributed by atoms with Crippen molar-refractivity contribution in [1.29, 1.82) is 0 Å². The summed E-state index contributed by atoms with van der Waals surface area (Å²) in [6, 6.07) is 8.56. The van der Waals surface area contributed by atoms with E-state index >= 15 is 0 Å². The van der Waals surface area contributed by atoms with Crippen molar-refractivity contribution in [3.63, 3.8) is 0 Å². The number of likely N-dealkylation sites (N-methyl/N-ethyl adjacent to an activating group) is 2. The van der Waals surface area contributed by atoms with E-state index in [-0.39, 0.29) is 6.17 Å². The Morgan fingerprint density at radius 2 is 1.95 bits per heavy atom. The number of nitrogens with one attached hydrogen (secondary N) is 1. The number of aryl methyl sites for hydroxylation is 1. The Hall–Kier alpha value is -2.07. The minimum absolute atomic E-state index is 0.175. The molecule has 1 aromatic carbocycles. The van der Waals surface area contributed by atoms with E-state index in [1.165, 1.54) is 16.5 Å². The van der Waals surface area contributed by atoms with E-state index < -0.39 is 0 Å². The first-order valence-corrected chi connectivity index (χ1v) is 7.98. The van der Waals surface area contributed by atoms with E-state index in [1.54, 1.807) is 0 Å². The second-order valence-electron chi connectivity index (χ2n) is 5.65. The van der Waals surface area contributed by atoms with Gasteiger partial charge in [0.25, 0.3) is 0 Å². The highest BCUT2D eigenvalue weighted by atomic mass is 15.3. The van der Waals surface area contributed by atoms with Gasteiger partial charge in [-0.3, -0.25) is 5.32 Å². The summed E-state index contributed by atoms with van der Waals surface area (Å²) in [5.74, 6) is 2.11. The monoisotopic (exact) mass is 296 g/mol. The van der Waals surface area contributed by atoms with Crippen LogP contribution in [0.3, 0.4) is 0 Å². The number of hydrogen-bond donors (Lipinski definition) is 1. The lowest BCUT2D eigenvalue weighted by molar-refractivity contribution is 0.371. The first-order chi connectivity index (χ1) is 10.7. The number of hydrogen-bond acceptors (Lipinski definition) is 3. The molecule has 0 amide bonds. The second-order valence-corrected chi connectivity index (χ2v) is 5.65. The van der Waals surface area contributed by atoms with E-state index in [4.69, 9.17) is 4.99 Å². The smallest absolute Gasteiger partial charge is 0.138 e. The molecule has 1 aromatic heterocycles. The largest absolute Gasteiger partial charge is 0.344 e. The quantitative estimate of drug-likeness (QED) is 0.939. The van der Waals surface area contributed by atoms with E-state index in [0.29, 0.717) is 0 Å². The molecule has 2 aromatic rings. The summed E-state index contributed by atoms with van der Waals surface area (Å²) < 4.78 is 2.22. The van der Waals surface area contributed by atoms with Crippen molar-refractivity contribution in [2.75, 3.05) is 14.1 Å².